The molecule has 2 aromatic carbocycles. The molecule has 0 heterocycles. The van der Waals surface area contributed by atoms with Gasteiger partial charge in [0.2, 0.25) is 11.8 Å². The molecule has 6 nitrogen and oxygen atoms in total. The van der Waals surface area contributed by atoms with Gasteiger partial charge in [0, 0.05) is 24.0 Å². The predicted octanol–water partition coefficient (Wildman–Crippen LogP) is 4.45. The Hall–Kier alpha value is -2.73. The molecule has 0 aliphatic carbocycles. The Morgan fingerprint density at radius 3 is 2.29 bits per heavy atom. The standard InChI is InChI=1S/C24H31ClN2O4/c1-17(2)26-24(29)18(3)27(16-19-8-5-6-9-22(19)25)23(28)10-7-15-31-21-13-11-20(30-4)12-14-21/h5-6,8-9,11-14,17-18H,7,10,15-16H2,1-4H3,(H,26,29)/t18-/m1/s1. The minimum atomic E-state index is -0.617. The Morgan fingerprint density at radius 1 is 1.03 bits per heavy atom. The van der Waals surface area contributed by atoms with Crippen LogP contribution in [0, 0.1) is 0 Å². The zero-order valence-corrected chi connectivity index (χ0v) is 19.3. The number of hydrogen-bond donors (Lipinski definition) is 1. The molecule has 1 atom stereocenters. The first-order valence-corrected chi connectivity index (χ1v) is 10.8. The molecule has 1 N–H and O–H groups in total. The lowest BCUT2D eigenvalue weighted by molar-refractivity contribution is -0.141. The minimum Gasteiger partial charge on any atom is -0.497 e. The van der Waals surface area contributed by atoms with Crippen LogP contribution in [0.2, 0.25) is 5.02 Å². The molecule has 2 aromatic rings. The Morgan fingerprint density at radius 2 is 1.68 bits per heavy atom. The number of nitrogens with zero attached hydrogens (tertiary/aromatic N) is 1. The van der Waals surface area contributed by atoms with Gasteiger partial charge in [-0.15, -0.1) is 0 Å². The first-order valence-electron chi connectivity index (χ1n) is 10.4. The second-order valence-electron chi connectivity index (χ2n) is 7.58. The largest absolute Gasteiger partial charge is 0.497 e. The molecule has 168 valence electrons. The second kappa shape index (κ2) is 12.2. The number of carbonyl (C=O) groups is 2. The smallest absolute Gasteiger partial charge is 0.242 e. The van der Waals surface area contributed by atoms with E-state index in [9.17, 15) is 9.59 Å². The molecule has 2 amide bonds. The molecule has 0 spiro atoms. The number of rotatable bonds is 11. The molecular weight excluding hydrogens is 416 g/mol. The van der Waals surface area contributed by atoms with Crippen molar-refractivity contribution in [3.63, 3.8) is 0 Å². The van der Waals surface area contributed by atoms with Gasteiger partial charge in [-0.1, -0.05) is 29.8 Å². The molecule has 0 aromatic heterocycles. The van der Waals surface area contributed by atoms with E-state index in [0.717, 1.165) is 11.3 Å². The van der Waals surface area contributed by atoms with Crippen molar-refractivity contribution in [2.24, 2.45) is 0 Å². The maximum Gasteiger partial charge on any atom is 0.242 e. The first-order chi connectivity index (χ1) is 14.8. The Kier molecular flexibility index (Phi) is 9.66. The molecule has 0 unspecified atom stereocenters. The van der Waals surface area contributed by atoms with Crippen molar-refractivity contribution in [2.75, 3.05) is 13.7 Å². The Bertz CT molecular complexity index is 855. The number of amides is 2. The molecule has 0 saturated heterocycles. The van der Waals surface area contributed by atoms with Crippen molar-refractivity contribution in [3.8, 4) is 11.5 Å². The third-order valence-electron chi connectivity index (χ3n) is 4.76. The summed E-state index contributed by atoms with van der Waals surface area (Å²) in [5, 5.41) is 3.44. The topological polar surface area (TPSA) is 67.9 Å². The summed E-state index contributed by atoms with van der Waals surface area (Å²) in [5.41, 5.74) is 0.802. The van der Waals surface area contributed by atoms with E-state index >= 15 is 0 Å². The third kappa shape index (κ3) is 7.79. The highest BCUT2D eigenvalue weighted by molar-refractivity contribution is 6.31. The van der Waals surface area contributed by atoms with Crippen LogP contribution in [0.3, 0.4) is 0 Å². The van der Waals surface area contributed by atoms with E-state index in [1.807, 2.05) is 56.3 Å². The van der Waals surface area contributed by atoms with Crippen LogP contribution in [0.4, 0.5) is 0 Å². The summed E-state index contributed by atoms with van der Waals surface area (Å²) in [4.78, 5) is 27.2. The number of carbonyl (C=O) groups excluding carboxylic acids is 2. The van der Waals surface area contributed by atoms with Crippen LogP contribution in [0.1, 0.15) is 39.2 Å². The van der Waals surface area contributed by atoms with Crippen molar-refractivity contribution in [1.29, 1.82) is 0 Å². The van der Waals surface area contributed by atoms with Crippen molar-refractivity contribution < 1.29 is 19.1 Å². The minimum absolute atomic E-state index is 0.00916. The van der Waals surface area contributed by atoms with Crippen LogP contribution in [0.25, 0.3) is 0 Å². The number of ether oxygens (including phenoxy) is 2. The summed E-state index contributed by atoms with van der Waals surface area (Å²) in [6.07, 6.45) is 0.794. The maximum atomic E-state index is 13.0. The fourth-order valence-electron chi connectivity index (χ4n) is 3.03. The lowest BCUT2D eigenvalue weighted by Crippen LogP contribution is -2.49. The van der Waals surface area contributed by atoms with E-state index < -0.39 is 6.04 Å². The SMILES string of the molecule is COc1ccc(OCCCC(=O)N(Cc2ccccc2Cl)[C@H](C)C(=O)NC(C)C)cc1. The van der Waals surface area contributed by atoms with E-state index in [4.69, 9.17) is 21.1 Å². The Balaban J connectivity index is 1.99. The summed E-state index contributed by atoms with van der Waals surface area (Å²) >= 11 is 6.29. The van der Waals surface area contributed by atoms with Crippen LogP contribution in [-0.4, -0.2) is 42.5 Å². The maximum absolute atomic E-state index is 13.0. The number of nitrogens with one attached hydrogen (secondary N) is 1. The average Bonchev–Trinajstić information content (AvgIpc) is 2.75. The van der Waals surface area contributed by atoms with Crippen LogP contribution in [0.15, 0.2) is 48.5 Å². The van der Waals surface area contributed by atoms with Crippen molar-refractivity contribution >= 4 is 23.4 Å². The molecule has 0 fully saturated rings. The van der Waals surface area contributed by atoms with E-state index in [1.54, 1.807) is 25.0 Å². The van der Waals surface area contributed by atoms with Gasteiger partial charge in [-0.25, -0.2) is 0 Å². The molecule has 31 heavy (non-hydrogen) atoms. The summed E-state index contributed by atoms with van der Waals surface area (Å²) in [5.74, 6) is 1.16. The van der Waals surface area contributed by atoms with E-state index in [2.05, 4.69) is 5.32 Å². The molecule has 0 radical (unpaired) electrons. The highest BCUT2D eigenvalue weighted by Crippen LogP contribution is 2.20. The van der Waals surface area contributed by atoms with Gasteiger partial charge in [-0.3, -0.25) is 9.59 Å². The fourth-order valence-corrected chi connectivity index (χ4v) is 3.22. The van der Waals surface area contributed by atoms with Crippen LogP contribution >= 0.6 is 11.6 Å². The van der Waals surface area contributed by atoms with Gasteiger partial charge in [-0.05, 0) is 63.1 Å². The number of halogens is 1. The highest BCUT2D eigenvalue weighted by Gasteiger charge is 2.26. The number of hydrogen-bond acceptors (Lipinski definition) is 4. The van der Waals surface area contributed by atoms with Gasteiger partial charge in [-0.2, -0.15) is 0 Å². The van der Waals surface area contributed by atoms with Crippen LogP contribution in [-0.2, 0) is 16.1 Å². The van der Waals surface area contributed by atoms with E-state index in [-0.39, 0.29) is 30.8 Å². The average molecular weight is 447 g/mol. The highest BCUT2D eigenvalue weighted by atomic mass is 35.5. The van der Waals surface area contributed by atoms with E-state index in [1.165, 1.54) is 0 Å². The summed E-state index contributed by atoms with van der Waals surface area (Å²) in [6.45, 7) is 6.18. The molecule has 0 aliphatic rings. The molecular formula is C24H31ClN2O4. The quantitative estimate of drug-likeness (QED) is 0.518. The van der Waals surface area contributed by atoms with Crippen LogP contribution < -0.4 is 14.8 Å². The van der Waals surface area contributed by atoms with Crippen LogP contribution in [0.5, 0.6) is 11.5 Å². The summed E-state index contributed by atoms with van der Waals surface area (Å²) in [6, 6.07) is 14.0. The van der Waals surface area contributed by atoms with Gasteiger partial charge in [0.05, 0.1) is 13.7 Å². The fraction of sp³-hybridized carbons (Fsp3) is 0.417. The molecule has 0 aliphatic heterocycles. The predicted molar refractivity (Wildman–Crippen MR) is 122 cm³/mol. The lowest BCUT2D eigenvalue weighted by atomic mass is 10.1. The third-order valence-corrected chi connectivity index (χ3v) is 5.13. The molecule has 2 rings (SSSR count). The van der Waals surface area contributed by atoms with Gasteiger partial charge in [0.25, 0.3) is 0 Å². The van der Waals surface area contributed by atoms with Crippen molar-refractivity contribution in [2.45, 2.75) is 52.2 Å². The van der Waals surface area contributed by atoms with Crippen molar-refractivity contribution in [1.82, 2.24) is 10.2 Å². The van der Waals surface area contributed by atoms with E-state index in [0.29, 0.717) is 23.8 Å². The zero-order valence-electron chi connectivity index (χ0n) is 18.6. The molecule has 0 saturated carbocycles. The first kappa shape index (κ1) is 24.5. The molecule has 7 heteroatoms. The zero-order chi connectivity index (χ0) is 22.8. The number of benzene rings is 2. The Labute approximate surface area is 189 Å². The number of methoxy groups -OCH3 is 1. The van der Waals surface area contributed by atoms with Gasteiger partial charge >= 0.3 is 0 Å². The van der Waals surface area contributed by atoms with Gasteiger partial charge in [0.1, 0.15) is 17.5 Å². The monoisotopic (exact) mass is 446 g/mol. The lowest BCUT2D eigenvalue weighted by Gasteiger charge is -2.29. The molecule has 0 bridgehead atoms. The van der Waals surface area contributed by atoms with Gasteiger partial charge in [0.15, 0.2) is 0 Å². The van der Waals surface area contributed by atoms with Crippen molar-refractivity contribution in [3.05, 3.63) is 59.1 Å². The summed E-state index contributed by atoms with van der Waals surface area (Å²) in [7, 11) is 1.61. The summed E-state index contributed by atoms with van der Waals surface area (Å²) < 4.78 is 10.8. The normalized spacial score (nSPS) is 11.7. The second-order valence-corrected chi connectivity index (χ2v) is 7.99. The van der Waals surface area contributed by atoms with Gasteiger partial charge < -0.3 is 19.7 Å².